The molecule has 618 valence electrons. The van der Waals surface area contributed by atoms with Crippen LogP contribution in [0.1, 0.15) is 11.1 Å². The van der Waals surface area contributed by atoms with Gasteiger partial charge in [0.1, 0.15) is 0 Å². The monoisotopic (exact) mass is 1680 g/mol. The van der Waals surface area contributed by atoms with Gasteiger partial charge in [0.25, 0.3) is 0 Å². The van der Waals surface area contributed by atoms with Crippen molar-refractivity contribution in [1.29, 1.82) is 0 Å². The van der Waals surface area contributed by atoms with Gasteiger partial charge in [-0.05, 0) is 162 Å². The highest BCUT2D eigenvalue weighted by Crippen LogP contribution is 2.43. The van der Waals surface area contributed by atoms with Gasteiger partial charge in [0, 0.05) is 99.5 Å². The van der Waals surface area contributed by atoms with Gasteiger partial charge in [-0.15, -0.1) is 0 Å². The Hall–Kier alpha value is -17.4. The van der Waals surface area contributed by atoms with Gasteiger partial charge < -0.3 is 13.7 Å². The van der Waals surface area contributed by atoms with Crippen molar-refractivity contribution in [3.05, 3.63) is 490 Å². The van der Waals surface area contributed by atoms with E-state index in [4.69, 9.17) is 29.9 Å². The van der Waals surface area contributed by atoms with E-state index in [0.29, 0.717) is 0 Å². The Bertz CT molecular complexity index is 8070. The number of rotatable bonds is 15. The SMILES string of the molecule is Cc1ccc(-c2cc(-c3ccc4c(c3)c3ccccc3n4-c3ccc(-c4ccccc4)cc3)nc(-c3ccc(C)cc3)n2)cc1.c1ccc(-c2ccc(-n3c4ccccc4c4cc(-c5cc(-c6ccccc6)nc(-c6ccccc6)n5)ccc43)cc2)cc1.c1ccc(-c2ccc3c(c2)c2cc(-c4cc(-c5ccccc5)nc(-c5ccccc5)n4)ccc2n3-c2ccccc2)cc1. The Morgan fingerprint density at radius 1 is 0.137 bits per heavy atom. The first-order valence-electron chi connectivity index (χ1n) is 44.4. The molecular formula is C122H85N9. The summed E-state index contributed by atoms with van der Waals surface area (Å²) in [6.45, 7) is 4.21. The largest absolute Gasteiger partial charge is 0.309 e. The number of hydrogen-bond donors (Lipinski definition) is 0. The van der Waals surface area contributed by atoms with Gasteiger partial charge >= 0.3 is 0 Å². The third kappa shape index (κ3) is 16.1. The Balaban J connectivity index is 0.000000115. The lowest BCUT2D eigenvalue weighted by Crippen LogP contribution is -1.96. The predicted molar refractivity (Wildman–Crippen MR) is 544 cm³/mol. The van der Waals surface area contributed by atoms with Crippen LogP contribution < -0.4 is 0 Å². The Morgan fingerprint density at radius 3 is 0.672 bits per heavy atom. The molecule has 0 aliphatic carbocycles. The molecule has 0 spiro atoms. The van der Waals surface area contributed by atoms with Crippen LogP contribution in [0.4, 0.5) is 0 Å². The molecule has 0 bridgehead atoms. The lowest BCUT2D eigenvalue weighted by Gasteiger charge is -2.11. The Labute approximate surface area is 760 Å². The van der Waals surface area contributed by atoms with E-state index < -0.39 is 0 Å². The van der Waals surface area contributed by atoms with Crippen molar-refractivity contribution in [2.45, 2.75) is 13.8 Å². The molecule has 24 aromatic rings. The van der Waals surface area contributed by atoms with E-state index in [1.807, 2.05) is 72.8 Å². The van der Waals surface area contributed by atoms with Crippen LogP contribution in [-0.4, -0.2) is 43.6 Å². The summed E-state index contributed by atoms with van der Waals surface area (Å²) in [6, 6.07) is 168. The minimum absolute atomic E-state index is 0.718. The predicted octanol–water partition coefficient (Wildman–Crippen LogP) is 31.3. The lowest BCUT2D eigenvalue weighted by atomic mass is 10.0. The maximum absolute atomic E-state index is 5.12. The molecule has 0 fully saturated rings. The van der Waals surface area contributed by atoms with E-state index in [1.165, 1.54) is 98.9 Å². The van der Waals surface area contributed by atoms with E-state index >= 15 is 0 Å². The molecule has 131 heavy (non-hydrogen) atoms. The zero-order valence-electron chi connectivity index (χ0n) is 72.1. The zero-order valence-corrected chi connectivity index (χ0v) is 72.1. The normalized spacial score (nSPS) is 11.3. The standard InChI is InChI=1S/C42H31N3.2C40H27N3/c1-28-12-16-32(17-13-28)38-27-39(44-42(43-38)33-18-14-29(2)15-19-33)34-22-25-41-37(26-34)36-10-6-7-11-40(36)45(41)35-23-20-31(21-24-35)30-8-4-3-5-9-30;1-5-13-28(14-6-1)31-21-23-38-34(25-31)35-26-32(22-24-39(35)43(38)33-19-11-4-12-20-33)37-27-36(29-15-7-2-8-16-29)41-40(42-37)30-17-9-3-10-18-30;1-4-12-28(13-5-1)29-20-23-33(24-21-29)43-38-19-11-10-18-34(38)35-26-32(22-25-39(35)43)37-27-36(30-14-6-2-7-15-30)41-40(42-37)31-16-8-3-9-17-31/h3-27H,1-2H3;2*1-27H. The van der Waals surface area contributed by atoms with Crippen LogP contribution in [-0.2, 0) is 0 Å². The molecule has 18 aromatic carbocycles. The van der Waals surface area contributed by atoms with Crippen molar-refractivity contribution < 1.29 is 0 Å². The molecule has 0 saturated carbocycles. The summed E-state index contributed by atoms with van der Waals surface area (Å²) in [5, 5.41) is 7.22. The number of benzene rings is 18. The summed E-state index contributed by atoms with van der Waals surface area (Å²) in [4.78, 5) is 30.3. The number of para-hydroxylation sites is 3. The maximum atomic E-state index is 5.12. The van der Waals surface area contributed by atoms with Crippen molar-refractivity contribution >= 4 is 65.4 Å². The fourth-order valence-electron chi connectivity index (χ4n) is 18.0. The summed E-state index contributed by atoms with van der Waals surface area (Å²) in [6.07, 6.45) is 0. The second-order valence-electron chi connectivity index (χ2n) is 33.1. The molecule has 0 saturated heterocycles. The highest BCUT2D eigenvalue weighted by molar-refractivity contribution is 6.14. The minimum atomic E-state index is 0.718. The fourth-order valence-corrected chi connectivity index (χ4v) is 18.0. The lowest BCUT2D eigenvalue weighted by molar-refractivity contribution is 1.17. The van der Waals surface area contributed by atoms with Crippen molar-refractivity contribution in [3.8, 4) is 152 Å². The second-order valence-corrected chi connectivity index (χ2v) is 33.1. The molecule has 0 amide bonds. The molecule has 0 aliphatic heterocycles. The van der Waals surface area contributed by atoms with Gasteiger partial charge in [-0.3, -0.25) is 0 Å². The topological polar surface area (TPSA) is 92.1 Å². The van der Waals surface area contributed by atoms with Crippen LogP contribution >= 0.6 is 0 Å². The van der Waals surface area contributed by atoms with Crippen molar-refractivity contribution in [2.24, 2.45) is 0 Å². The molecule has 0 unspecified atom stereocenters. The molecule has 0 aliphatic rings. The summed E-state index contributed by atoms with van der Waals surface area (Å²) in [7, 11) is 0. The van der Waals surface area contributed by atoms with Crippen LogP contribution in [0.3, 0.4) is 0 Å². The van der Waals surface area contributed by atoms with Crippen molar-refractivity contribution in [2.75, 3.05) is 0 Å². The Morgan fingerprint density at radius 2 is 0.336 bits per heavy atom. The molecule has 24 rings (SSSR count). The van der Waals surface area contributed by atoms with Crippen LogP contribution in [0.5, 0.6) is 0 Å². The van der Waals surface area contributed by atoms with Gasteiger partial charge in [0.15, 0.2) is 17.5 Å². The third-order valence-electron chi connectivity index (χ3n) is 24.6. The first-order valence-corrected chi connectivity index (χ1v) is 44.4. The fraction of sp³-hybridized carbons (Fsp3) is 0.0164. The summed E-state index contributed by atoms with van der Waals surface area (Å²) in [5.41, 5.74) is 35.0. The summed E-state index contributed by atoms with van der Waals surface area (Å²) in [5.74, 6) is 2.16. The first-order chi connectivity index (χ1) is 64.7. The van der Waals surface area contributed by atoms with E-state index in [2.05, 4.69) is 434 Å². The average molecular weight is 1680 g/mol. The van der Waals surface area contributed by atoms with Crippen LogP contribution in [0.25, 0.3) is 218 Å². The molecule has 9 nitrogen and oxygen atoms in total. The highest BCUT2D eigenvalue weighted by atomic mass is 15.0. The van der Waals surface area contributed by atoms with Crippen LogP contribution in [0, 0.1) is 13.8 Å². The van der Waals surface area contributed by atoms with E-state index in [1.54, 1.807) is 0 Å². The maximum Gasteiger partial charge on any atom is 0.160 e. The number of aromatic nitrogens is 9. The van der Waals surface area contributed by atoms with E-state index in [9.17, 15) is 0 Å². The minimum Gasteiger partial charge on any atom is -0.309 e. The zero-order chi connectivity index (χ0) is 87.5. The molecule has 0 atom stereocenters. The number of nitrogens with zero attached hydrogens (tertiary/aromatic N) is 9. The van der Waals surface area contributed by atoms with Gasteiger partial charge in [0.05, 0.1) is 67.3 Å². The summed E-state index contributed by atoms with van der Waals surface area (Å²) >= 11 is 0. The molecular weight excluding hydrogens is 1590 g/mol. The first kappa shape index (κ1) is 79.5. The number of hydrogen-bond acceptors (Lipinski definition) is 6. The number of fused-ring (bicyclic) bond motifs is 9. The van der Waals surface area contributed by atoms with Crippen LogP contribution in [0.2, 0.25) is 0 Å². The molecule has 6 aromatic heterocycles. The number of aryl methyl sites for hydroxylation is 2. The van der Waals surface area contributed by atoms with E-state index in [0.717, 1.165) is 130 Å². The molecule has 0 N–H and O–H groups in total. The molecule has 6 heterocycles. The quantitative estimate of drug-likeness (QED) is 0.102. The van der Waals surface area contributed by atoms with Crippen molar-refractivity contribution in [1.82, 2.24) is 43.6 Å². The second kappa shape index (κ2) is 35.2. The van der Waals surface area contributed by atoms with Gasteiger partial charge in [-0.2, -0.15) is 0 Å². The van der Waals surface area contributed by atoms with E-state index in [-0.39, 0.29) is 0 Å². The third-order valence-corrected chi connectivity index (χ3v) is 24.6. The Kier molecular flexibility index (Phi) is 21.4. The van der Waals surface area contributed by atoms with Crippen LogP contribution in [0.15, 0.2) is 479 Å². The smallest absolute Gasteiger partial charge is 0.160 e. The molecule has 9 heteroatoms. The summed E-state index contributed by atoms with van der Waals surface area (Å²) < 4.78 is 7.07. The van der Waals surface area contributed by atoms with Gasteiger partial charge in [-0.25, -0.2) is 29.9 Å². The van der Waals surface area contributed by atoms with Crippen molar-refractivity contribution in [3.63, 3.8) is 0 Å². The molecule has 0 radical (unpaired) electrons. The van der Waals surface area contributed by atoms with Gasteiger partial charge in [-0.1, -0.05) is 375 Å². The highest BCUT2D eigenvalue weighted by Gasteiger charge is 2.22. The average Bonchev–Trinajstić information content (AvgIpc) is 1.60. The van der Waals surface area contributed by atoms with Gasteiger partial charge in [0.2, 0.25) is 0 Å².